The smallest absolute Gasteiger partial charge is 0.433 e. The van der Waals surface area contributed by atoms with Crippen molar-refractivity contribution in [3.8, 4) is 22.6 Å². The summed E-state index contributed by atoms with van der Waals surface area (Å²) >= 11 is 5.94. The van der Waals surface area contributed by atoms with Gasteiger partial charge in [-0.15, -0.1) is 0 Å². The third-order valence-corrected chi connectivity index (χ3v) is 4.12. The molecule has 0 aliphatic rings. The molecule has 0 atom stereocenters. The quantitative estimate of drug-likeness (QED) is 0.492. The van der Waals surface area contributed by atoms with Gasteiger partial charge in [-0.3, -0.25) is 4.68 Å². The van der Waals surface area contributed by atoms with E-state index in [9.17, 15) is 22.4 Å². The second-order valence-corrected chi connectivity index (χ2v) is 5.94. The number of esters is 1. The van der Waals surface area contributed by atoms with Crippen LogP contribution in [0, 0.1) is 17.9 Å². The number of ether oxygens (including phenoxy) is 1. The lowest BCUT2D eigenvalue weighted by Gasteiger charge is -2.11. The highest BCUT2D eigenvalue weighted by atomic mass is 35.5. The van der Waals surface area contributed by atoms with Gasteiger partial charge in [-0.1, -0.05) is 22.8 Å². The van der Waals surface area contributed by atoms with Crippen molar-refractivity contribution in [2.24, 2.45) is 0 Å². The van der Waals surface area contributed by atoms with Gasteiger partial charge in [0.05, 0.1) is 42.6 Å². The van der Waals surface area contributed by atoms with Gasteiger partial charge in [-0.25, -0.2) is 4.79 Å². The van der Waals surface area contributed by atoms with E-state index in [1.54, 1.807) is 0 Å². The largest absolute Gasteiger partial charge is 0.465 e. The van der Waals surface area contributed by atoms with Gasteiger partial charge in [-0.05, 0) is 6.07 Å². The molecule has 0 unspecified atom stereocenters. The molecule has 3 aromatic rings. The summed E-state index contributed by atoms with van der Waals surface area (Å²) in [6, 6.07) is 5.52. The van der Waals surface area contributed by atoms with Gasteiger partial charge in [0.15, 0.2) is 17.3 Å². The molecule has 7 nitrogen and oxygen atoms in total. The van der Waals surface area contributed by atoms with E-state index in [4.69, 9.17) is 21.2 Å². The van der Waals surface area contributed by atoms with Crippen LogP contribution in [0.4, 0.5) is 17.6 Å². The summed E-state index contributed by atoms with van der Waals surface area (Å²) in [5.74, 6) is -2.83. The van der Waals surface area contributed by atoms with Crippen molar-refractivity contribution in [3.05, 3.63) is 46.5 Å². The van der Waals surface area contributed by atoms with E-state index in [0.29, 0.717) is 4.68 Å². The average molecular weight is 432 g/mol. The third-order valence-electron chi connectivity index (χ3n) is 3.82. The van der Waals surface area contributed by atoms with Crippen LogP contribution in [0.15, 0.2) is 16.8 Å². The molecule has 2 aromatic heterocycles. The molecule has 2 heterocycles. The normalized spacial score (nSPS) is 11.4. The Hall–Kier alpha value is -3.10. The summed E-state index contributed by atoms with van der Waals surface area (Å²) in [5, 5.41) is 15.9. The molecule has 0 aliphatic carbocycles. The van der Waals surface area contributed by atoms with Gasteiger partial charge in [0, 0.05) is 6.07 Å². The maximum Gasteiger partial charge on any atom is 0.433 e. The summed E-state index contributed by atoms with van der Waals surface area (Å²) in [7, 11) is 0.978. The highest BCUT2D eigenvalue weighted by molar-refractivity contribution is 6.33. The molecule has 29 heavy (non-hydrogen) atoms. The number of hydrogen-bond acceptors (Lipinski definition) is 6. The monoisotopic (exact) mass is 431 g/mol. The van der Waals surface area contributed by atoms with E-state index in [1.165, 1.54) is 0 Å². The first kappa shape index (κ1) is 20.6. The Morgan fingerprint density at radius 3 is 2.76 bits per heavy atom. The Morgan fingerprint density at radius 2 is 2.17 bits per heavy atom. The minimum absolute atomic E-state index is 0.224. The van der Waals surface area contributed by atoms with Crippen LogP contribution in [0.25, 0.3) is 22.6 Å². The van der Waals surface area contributed by atoms with Crippen LogP contribution < -0.4 is 0 Å². The Balaban J connectivity index is 2.31. The fourth-order valence-electron chi connectivity index (χ4n) is 2.67. The number of aliphatic hydroxyl groups excluding tert-OH is 1. The number of hydrogen-bond donors (Lipinski definition) is 1. The lowest BCUT2D eigenvalue weighted by molar-refractivity contribution is -0.144. The first-order valence-electron chi connectivity index (χ1n) is 7.80. The lowest BCUT2D eigenvalue weighted by atomic mass is 10.0. The Kier molecular flexibility index (Phi) is 5.50. The molecule has 0 bridgehead atoms. The molecule has 3 rings (SSSR count). The molecule has 0 amide bonds. The average Bonchev–Trinajstić information content (AvgIpc) is 3.25. The summed E-state index contributed by atoms with van der Waals surface area (Å²) in [6.45, 7) is -1.08. The Morgan fingerprint density at radius 1 is 1.45 bits per heavy atom. The second-order valence-electron chi connectivity index (χ2n) is 5.53. The maximum absolute atomic E-state index is 14.2. The van der Waals surface area contributed by atoms with Gasteiger partial charge in [0.1, 0.15) is 11.3 Å². The van der Waals surface area contributed by atoms with E-state index in [-0.39, 0.29) is 5.02 Å². The fourth-order valence-corrected chi connectivity index (χ4v) is 2.90. The van der Waals surface area contributed by atoms with Gasteiger partial charge < -0.3 is 14.4 Å². The number of nitrogens with zero attached hydrogens (tertiary/aromatic N) is 3. The highest BCUT2D eigenvalue weighted by Crippen LogP contribution is 2.42. The summed E-state index contributed by atoms with van der Waals surface area (Å²) in [6.07, 6.45) is -4.13. The van der Waals surface area contributed by atoms with Crippen LogP contribution in [0.2, 0.25) is 5.02 Å². The molecule has 0 aliphatic heterocycles. The molecule has 1 N–H and O–H groups in total. The Bertz CT molecular complexity index is 1040. The number of carbonyl (C=O) groups excluding carboxylic acids is 1. The van der Waals surface area contributed by atoms with Crippen LogP contribution in [0.1, 0.15) is 16.1 Å². The predicted molar refractivity (Wildman–Crippen MR) is 89.2 cm³/mol. The maximum atomic E-state index is 14.2. The Labute approximate surface area is 165 Å². The molecule has 12 heteroatoms. The fraction of sp³-hybridized carbons (Fsp3) is 0.235. The van der Waals surface area contributed by atoms with E-state index < -0.39 is 65.0 Å². The van der Waals surface area contributed by atoms with Crippen LogP contribution in [-0.4, -0.2) is 39.7 Å². The molecule has 152 valence electrons. The zero-order valence-corrected chi connectivity index (χ0v) is 15.2. The molecule has 1 aromatic carbocycles. The predicted octanol–water partition coefficient (Wildman–Crippen LogP) is 3.40. The van der Waals surface area contributed by atoms with Crippen LogP contribution in [0.5, 0.6) is 0 Å². The number of alkyl halides is 3. The van der Waals surface area contributed by atoms with Gasteiger partial charge in [0.2, 0.25) is 0 Å². The van der Waals surface area contributed by atoms with Crippen molar-refractivity contribution >= 4 is 17.6 Å². The van der Waals surface area contributed by atoms with Crippen molar-refractivity contribution in [1.29, 1.82) is 0 Å². The van der Waals surface area contributed by atoms with Gasteiger partial charge in [-0.2, -0.15) is 22.7 Å². The van der Waals surface area contributed by atoms with Crippen LogP contribution in [-0.2, 0) is 17.5 Å². The van der Waals surface area contributed by atoms with Crippen molar-refractivity contribution in [2.75, 3.05) is 13.7 Å². The molecule has 0 saturated carbocycles. The van der Waals surface area contributed by atoms with Crippen molar-refractivity contribution in [1.82, 2.24) is 14.9 Å². The topological polar surface area (TPSA) is 90.4 Å². The van der Waals surface area contributed by atoms with Crippen molar-refractivity contribution in [2.45, 2.75) is 12.7 Å². The number of methoxy groups -OCH3 is 1. The van der Waals surface area contributed by atoms with Crippen LogP contribution in [0.3, 0.4) is 0 Å². The standard InChI is InChI=1S/C17H10ClF4N3O4/c1-28-16(27)12-13(11-9(18)3-2-4-10(11)19)24-29-14(12)8-7-23-25(5-6-26)15(8)17(20,21)22/h3,7,26H,5-6H2,1H3. The van der Waals surface area contributed by atoms with E-state index in [0.717, 1.165) is 19.4 Å². The molecule has 0 saturated heterocycles. The first-order chi connectivity index (χ1) is 13.7. The summed E-state index contributed by atoms with van der Waals surface area (Å²) in [4.78, 5) is 12.3. The third kappa shape index (κ3) is 3.64. The zero-order valence-electron chi connectivity index (χ0n) is 14.5. The molecule has 0 spiro atoms. The number of aliphatic hydroxyl groups is 1. The molecular weight excluding hydrogens is 422 g/mol. The van der Waals surface area contributed by atoms with Crippen LogP contribution >= 0.6 is 11.6 Å². The SMILES string of the molecule is COC(=O)c1c(-c2c(F)c#ccc2Cl)noc1-c1cnn(CCO)c1C(F)(F)F. The van der Waals surface area contributed by atoms with Gasteiger partial charge >= 0.3 is 12.1 Å². The first-order valence-corrected chi connectivity index (χ1v) is 8.18. The van der Waals surface area contributed by atoms with E-state index >= 15 is 0 Å². The lowest BCUT2D eigenvalue weighted by Crippen LogP contribution is -2.17. The molecule has 0 fully saturated rings. The minimum atomic E-state index is -4.92. The van der Waals surface area contributed by atoms with E-state index in [2.05, 4.69) is 27.1 Å². The van der Waals surface area contributed by atoms with Crippen molar-refractivity contribution in [3.63, 3.8) is 0 Å². The molecule has 0 radical (unpaired) electrons. The number of halogens is 5. The minimum Gasteiger partial charge on any atom is -0.465 e. The number of aromatic nitrogens is 3. The highest BCUT2D eigenvalue weighted by Gasteiger charge is 2.41. The van der Waals surface area contributed by atoms with Gasteiger partial charge in [0.25, 0.3) is 0 Å². The molecular formula is C17H10ClF4N3O4. The number of rotatable bonds is 5. The zero-order chi connectivity index (χ0) is 21.3. The second kappa shape index (κ2) is 7.73. The van der Waals surface area contributed by atoms with Crippen molar-refractivity contribution < 1.29 is 36.7 Å². The summed E-state index contributed by atoms with van der Waals surface area (Å²) in [5.41, 5.74) is -3.41. The van der Waals surface area contributed by atoms with E-state index in [1.807, 2.05) is 0 Å². The summed E-state index contributed by atoms with van der Waals surface area (Å²) < 4.78 is 65.2. The number of carbonyl (C=O) groups is 1.